The van der Waals surface area contributed by atoms with Gasteiger partial charge in [0.2, 0.25) is 11.0 Å². The second-order valence-corrected chi connectivity index (χ2v) is 8.29. The molecule has 1 aromatic heterocycles. The standard InChI is InChI=1S/C19H19FN4OS2/c1-12(2)15-8-3-4-9-16(15)22-17(25)11-26-19-24-23-18(27-19)21-14-7-5-6-13(20)10-14/h3-10,12H,11H2,1-2H3,(H,21,23)(H,22,25). The van der Waals surface area contributed by atoms with Gasteiger partial charge in [-0.2, -0.15) is 0 Å². The minimum Gasteiger partial charge on any atom is -0.330 e. The Balaban J connectivity index is 1.55. The highest BCUT2D eigenvalue weighted by Gasteiger charge is 2.11. The smallest absolute Gasteiger partial charge is 0.234 e. The van der Waals surface area contributed by atoms with E-state index in [0.29, 0.717) is 21.1 Å². The molecule has 0 aliphatic rings. The van der Waals surface area contributed by atoms with Crippen LogP contribution in [0.25, 0.3) is 0 Å². The van der Waals surface area contributed by atoms with Crippen LogP contribution in [0, 0.1) is 5.82 Å². The molecule has 0 bridgehead atoms. The number of amides is 1. The highest BCUT2D eigenvalue weighted by molar-refractivity contribution is 8.01. The fourth-order valence-electron chi connectivity index (χ4n) is 2.44. The van der Waals surface area contributed by atoms with Gasteiger partial charge in [0.1, 0.15) is 5.82 Å². The average molecular weight is 403 g/mol. The molecule has 27 heavy (non-hydrogen) atoms. The fourth-order valence-corrected chi connectivity index (χ4v) is 4.01. The van der Waals surface area contributed by atoms with Gasteiger partial charge in [-0.15, -0.1) is 10.2 Å². The Hall–Kier alpha value is -2.45. The number of aromatic nitrogens is 2. The number of hydrogen-bond acceptors (Lipinski definition) is 6. The topological polar surface area (TPSA) is 66.9 Å². The molecule has 1 amide bonds. The summed E-state index contributed by atoms with van der Waals surface area (Å²) in [5.41, 5.74) is 2.54. The first kappa shape index (κ1) is 19.3. The molecular weight excluding hydrogens is 383 g/mol. The van der Waals surface area contributed by atoms with Crippen molar-refractivity contribution >= 4 is 45.5 Å². The summed E-state index contributed by atoms with van der Waals surface area (Å²) < 4.78 is 13.9. The Morgan fingerprint density at radius 2 is 2.00 bits per heavy atom. The van der Waals surface area contributed by atoms with Gasteiger partial charge in [0.15, 0.2) is 4.34 Å². The molecule has 0 fully saturated rings. The van der Waals surface area contributed by atoms with Crippen LogP contribution in [-0.4, -0.2) is 21.9 Å². The van der Waals surface area contributed by atoms with Gasteiger partial charge < -0.3 is 10.6 Å². The Morgan fingerprint density at radius 3 is 2.78 bits per heavy atom. The second kappa shape index (κ2) is 8.96. The number of carbonyl (C=O) groups is 1. The molecule has 0 atom stereocenters. The van der Waals surface area contributed by atoms with Gasteiger partial charge in [0, 0.05) is 11.4 Å². The van der Waals surface area contributed by atoms with Crippen molar-refractivity contribution in [2.45, 2.75) is 24.1 Å². The summed E-state index contributed by atoms with van der Waals surface area (Å²) in [6.45, 7) is 4.18. The number of halogens is 1. The lowest BCUT2D eigenvalue weighted by molar-refractivity contribution is -0.113. The molecule has 0 saturated heterocycles. The molecule has 0 aliphatic heterocycles. The summed E-state index contributed by atoms with van der Waals surface area (Å²) in [7, 11) is 0. The first-order valence-electron chi connectivity index (χ1n) is 8.39. The van der Waals surface area contributed by atoms with E-state index in [-0.39, 0.29) is 17.5 Å². The zero-order valence-electron chi connectivity index (χ0n) is 14.9. The van der Waals surface area contributed by atoms with Gasteiger partial charge >= 0.3 is 0 Å². The SMILES string of the molecule is CC(C)c1ccccc1NC(=O)CSc1nnc(Nc2cccc(F)c2)s1. The van der Waals surface area contributed by atoms with E-state index in [4.69, 9.17) is 0 Å². The number of nitrogens with zero attached hydrogens (tertiary/aromatic N) is 2. The Kier molecular flexibility index (Phi) is 6.41. The van der Waals surface area contributed by atoms with Gasteiger partial charge in [-0.3, -0.25) is 4.79 Å². The Morgan fingerprint density at radius 1 is 1.19 bits per heavy atom. The van der Waals surface area contributed by atoms with Crippen molar-refractivity contribution < 1.29 is 9.18 Å². The van der Waals surface area contributed by atoms with Gasteiger partial charge in [-0.05, 0) is 35.7 Å². The summed E-state index contributed by atoms with van der Waals surface area (Å²) in [5, 5.41) is 14.6. The van der Waals surface area contributed by atoms with Crippen LogP contribution in [0.2, 0.25) is 0 Å². The maximum Gasteiger partial charge on any atom is 0.234 e. The Labute approximate surface area is 165 Å². The third-order valence-electron chi connectivity index (χ3n) is 3.67. The maximum atomic E-state index is 13.2. The highest BCUT2D eigenvalue weighted by atomic mass is 32.2. The molecule has 5 nitrogen and oxygen atoms in total. The lowest BCUT2D eigenvalue weighted by Gasteiger charge is -2.13. The molecule has 8 heteroatoms. The number of para-hydroxylation sites is 1. The van der Waals surface area contributed by atoms with Crippen molar-refractivity contribution in [2.75, 3.05) is 16.4 Å². The minimum atomic E-state index is -0.322. The lowest BCUT2D eigenvalue weighted by Crippen LogP contribution is -2.15. The molecule has 2 aromatic carbocycles. The predicted octanol–water partition coefficient (Wildman–Crippen LogP) is 5.28. The van der Waals surface area contributed by atoms with Crippen LogP contribution in [-0.2, 0) is 4.79 Å². The van der Waals surface area contributed by atoms with Crippen molar-refractivity contribution in [3.05, 3.63) is 59.9 Å². The zero-order chi connectivity index (χ0) is 19.2. The van der Waals surface area contributed by atoms with E-state index in [1.165, 1.54) is 35.2 Å². The van der Waals surface area contributed by atoms with E-state index in [9.17, 15) is 9.18 Å². The third kappa shape index (κ3) is 5.51. The van der Waals surface area contributed by atoms with Gasteiger partial charge in [0.25, 0.3) is 0 Å². The molecular formula is C19H19FN4OS2. The van der Waals surface area contributed by atoms with Crippen molar-refractivity contribution in [1.29, 1.82) is 0 Å². The molecule has 0 aliphatic carbocycles. The first-order chi connectivity index (χ1) is 13.0. The highest BCUT2D eigenvalue weighted by Crippen LogP contribution is 2.28. The van der Waals surface area contributed by atoms with Crippen LogP contribution < -0.4 is 10.6 Å². The molecule has 1 heterocycles. The van der Waals surface area contributed by atoms with Crippen LogP contribution >= 0.6 is 23.1 Å². The summed E-state index contributed by atoms with van der Waals surface area (Å²) in [5.74, 6) is 0.148. The average Bonchev–Trinajstić information content (AvgIpc) is 3.08. The summed E-state index contributed by atoms with van der Waals surface area (Å²) in [6.07, 6.45) is 0. The number of thioether (sulfide) groups is 1. The van der Waals surface area contributed by atoms with Crippen LogP contribution in [0.4, 0.5) is 20.9 Å². The van der Waals surface area contributed by atoms with Gasteiger partial charge in [0.05, 0.1) is 5.75 Å². The number of hydrogen-bond donors (Lipinski definition) is 2. The molecule has 140 valence electrons. The van der Waals surface area contributed by atoms with Crippen molar-refractivity contribution in [3.63, 3.8) is 0 Å². The summed E-state index contributed by atoms with van der Waals surface area (Å²) >= 11 is 2.63. The summed E-state index contributed by atoms with van der Waals surface area (Å²) in [4.78, 5) is 12.3. The molecule has 0 radical (unpaired) electrons. The zero-order valence-corrected chi connectivity index (χ0v) is 16.5. The van der Waals surface area contributed by atoms with E-state index < -0.39 is 0 Å². The number of carbonyl (C=O) groups excluding carboxylic acids is 1. The third-order valence-corrected chi connectivity index (χ3v) is 5.64. The van der Waals surface area contributed by atoms with Gasteiger partial charge in [-0.25, -0.2) is 4.39 Å². The number of anilines is 3. The summed E-state index contributed by atoms with van der Waals surface area (Å²) in [6, 6.07) is 13.9. The Bertz CT molecular complexity index is 929. The maximum absolute atomic E-state index is 13.2. The fraction of sp³-hybridized carbons (Fsp3) is 0.211. The van der Waals surface area contributed by atoms with Crippen LogP contribution in [0.1, 0.15) is 25.3 Å². The van der Waals surface area contributed by atoms with Crippen molar-refractivity contribution in [2.24, 2.45) is 0 Å². The molecule has 3 aromatic rings. The van der Waals surface area contributed by atoms with Crippen molar-refractivity contribution in [1.82, 2.24) is 10.2 Å². The van der Waals surface area contributed by atoms with E-state index in [1.54, 1.807) is 12.1 Å². The molecule has 0 unspecified atom stereocenters. The van der Waals surface area contributed by atoms with E-state index in [1.807, 2.05) is 24.3 Å². The number of rotatable bonds is 7. The van der Waals surface area contributed by atoms with Crippen LogP contribution in [0.15, 0.2) is 52.9 Å². The van der Waals surface area contributed by atoms with Crippen molar-refractivity contribution in [3.8, 4) is 0 Å². The minimum absolute atomic E-state index is 0.0945. The van der Waals surface area contributed by atoms with E-state index in [2.05, 4.69) is 34.7 Å². The van der Waals surface area contributed by atoms with Crippen LogP contribution in [0.3, 0.4) is 0 Å². The van der Waals surface area contributed by atoms with Gasteiger partial charge in [-0.1, -0.05) is 61.2 Å². The molecule has 0 spiro atoms. The molecule has 2 N–H and O–H groups in total. The van der Waals surface area contributed by atoms with E-state index >= 15 is 0 Å². The van der Waals surface area contributed by atoms with E-state index in [0.717, 1.165) is 11.3 Å². The van der Waals surface area contributed by atoms with Crippen LogP contribution in [0.5, 0.6) is 0 Å². The molecule has 0 saturated carbocycles. The molecule has 3 rings (SSSR count). The monoisotopic (exact) mass is 402 g/mol. The number of benzene rings is 2. The quantitative estimate of drug-likeness (QED) is 0.527. The second-order valence-electron chi connectivity index (χ2n) is 6.09. The first-order valence-corrected chi connectivity index (χ1v) is 10.2. The largest absolute Gasteiger partial charge is 0.330 e. The predicted molar refractivity (Wildman–Crippen MR) is 109 cm³/mol. The normalized spacial score (nSPS) is 10.8. The lowest BCUT2D eigenvalue weighted by atomic mass is 10.0. The number of nitrogens with one attached hydrogen (secondary N) is 2.